The van der Waals surface area contributed by atoms with Gasteiger partial charge in [0.2, 0.25) is 0 Å². The molecule has 4 heteroatoms. The molecular formula is C26H37N3O. The van der Waals surface area contributed by atoms with Crippen molar-refractivity contribution < 1.29 is 4.79 Å². The third-order valence-electron chi connectivity index (χ3n) is 7.34. The lowest BCUT2D eigenvalue weighted by atomic mass is 9.90. The van der Waals surface area contributed by atoms with Gasteiger partial charge in [-0.2, -0.15) is 5.10 Å². The fraction of sp³-hybridized carbons (Fsp3) is 0.615. The first-order chi connectivity index (χ1) is 14.4. The molecule has 0 amide bonds. The number of ketones is 1. The Hall–Kier alpha value is -2.10. The van der Waals surface area contributed by atoms with E-state index < -0.39 is 0 Å². The highest BCUT2D eigenvalue weighted by atomic mass is 16.1. The summed E-state index contributed by atoms with van der Waals surface area (Å²) in [5, 5.41) is 4.64. The zero-order valence-corrected chi connectivity index (χ0v) is 19.3. The van der Waals surface area contributed by atoms with Crippen LogP contribution in [0.1, 0.15) is 83.9 Å². The number of hydrogen-bond donors (Lipinski definition) is 0. The Balaban J connectivity index is 1.24. The van der Waals surface area contributed by atoms with E-state index in [-0.39, 0.29) is 5.78 Å². The minimum Gasteiger partial charge on any atom is -0.371 e. The molecule has 0 saturated carbocycles. The Morgan fingerprint density at radius 1 is 1.03 bits per heavy atom. The molecular weight excluding hydrogens is 370 g/mol. The van der Waals surface area contributed by atoms with Crippen LogP contribution in [0.4, 0.5) is 5.69 Å². The van der Waals surface area contributed by atoms with Gasteiger partial charge in [-0.3, -0.25) is 9.48 Å². The second kappa shape index (κ2) is 8.95. The summed E-state index contributed by atoms with van der Waals surface area (Å²) >= 11 is 0. The molecule has 1 aliphatic heterocycles. The molecule has 4 rings (SSSR count). The number of carbonyl (C=O) groups excluding carboxylic acids is 1. The molecule has 0 spiro atoms. The van der Waals surface area contributed by atoms with Crippen molar-refractivity contribution in [3.63, 3.8) is 0 Å². The summed E-state index contributed by atoms with van der Waals surface area (Å²) in [4.78, 5) is 14.5. The Bertz CT molecular complexity index is 919. The highest BCUT2D eigenvalue weighted by Gasteiger charge is 2.24. The first-order valence-corrected chi connectivity index (χ1v) is 11.9. The monoisotopic (exact) mass is 407 g/mol. The van der Waals surface area contributed by atoms with Crippen LogP contribution in [0.3, 0.4) is 0 Å². The average molecular weight is 408 g/mol. The molecule has 1 aromatic heterocycles. The number of anilines is 1. The van der Waals surface area contributed by atoms with Gasteiger partial charge in [-0.05, 0) is 88.0 Å². The molecule has 162 valence electrons. The number of nitrogens with zero attached hydrogens (tertiary/aromatic N) is 3. The minimum atomic E-state index is 0.123. The largest absolute Gasteiger partial charge is 0.371 e. The third kappa shape index (κ3) is 4.33. The van der Waals surface area contributed by atoms with Gasteiger partial charge in [0, 0.05) is 43.5 Å². The SMILES string of the molecule is CC(=O)c1nn(CCCCC2CCN(c3cc(C)c(C)cc3C)CC2)c2c1CCC2. The number of carbonyl (C=O) groups is 1. The van der Waals surface area contributed by atoms with E-state index in [0.29, 0.717) is 0 Å². The van der Waals surface area contributed by atoms with Gasteiger partial charge < -0.3 is 4.90 Å². The van der Waals surface area contributed by atoms with Crippen molar-refractivity contribution in [3.05, 3.63) is 45.8 Å². The van der Waals surface area contributed by atoms with E-state index in [1.807, 2.05) is 0 Å². The Kier molecular flexibility index (Phi) is 6.31. The standard InChI is InChI=1S/C26H37N3O/c1-18-16-20(3)25(17-19(18)2)28-14-11-22(12-15-28)8-5-6-13-29-24-10-7-9-23(24)26(27-29)21(4)30/h16-17,22H,5-15H2,1-4H3. The van der Waals surface area contributed by atoms with Gasteiger partial charge in [-0.25, -0.2) is 0 Å². The van der Waals surface area contributed by atoms with E-state index >= 15 is 0 Å². The minimum absolute atomic E-state index is 0.123. The van der Waals surface area contributed by atoms with Gasteiger partial charge in [0.05, 0.1) is 0 Å². The molecule has 1 saturated heterocycles. The van der Waals surface area contributed by atoms with Gasteiger partial charge in [-0.1, -0.05) is 18.9 Å². The van der Waals surface area contributed by atoms with Crippen LogP contribution in [0.25, 0.3) is 0 Å². The van der Waals surface area contributed by atoms with Crippen LogP contribution in [0.15, 0.2) is 12.1 Å². The lowest BCUT2D eigenvalue weighted by molar-refractivity contribution is 0.101. The van der Waals surface area contributed by atoms with Crippen molar-refractivity contribution in [1.82, 2.24) is 9.78 Å². The number of rotatable bonds is 7. The van der Waals surface area contributed by atoms with E-state index in [9.17, 15) is 4.79 Å². The third-order valence-corrected chi connectivity index (χ3v) is 7.34. The molecule has 1 aromatic carbocycles. The number of aromatic nitrogens is 2. The number of fused-ring (bicyclic) bond motifs is 1. The Labute approximate surface area is 181 Å². The molecule has 4 nitrogen and oxygen atoms in total. The number of hydrogen-bond acceptors (Lipinski definition) is 3. The van der Waals surface area contributed by atoms with Gasteiger partial charge in [0.25, 0.3) is 0 Å². The highest BCUT2D eigenvalue weighted by molar-refractivity contribution is 5.94. The molecule has 0 radical (unpaired) electrons. The molecule has 0 bridgehead atoms. The van der Waals surface area contributed by atoms with Crippen LogP contribution in [0, 0.1) is 26.7 Å². The van der Waals surface area contributed by atoms with E-state index in [1.54, 1.807) is 6.92 Å². The van der Waals surface area contributed by atoms with Crippen LogP contribution in [0.2, 0.25) is 0 Å². The van der Waals surface area contributed by atoms with Crippen LogP contribution >= 0.6 is 0 Å². The van der Waals surface area contributed by atoms with Crippen molar-refractivity contribution in [3.8, 4) is 0 Å². The van der Waals surface area contributed by atoms with E-state index in [0.717, 1.165) is 31.0 Å². The molecule has 30 heavy (non-hydrogen) atoms. The second-order valence-electron chi connectivity index (χ2n) is 9.56. The molecule has 2 aromatic rings. The van der Waals surface area contributed by atoms with Crippen LogP contribution in [0.5, 0.6) is 0 Å². The van der Waals surface area contributed by atoms with Crippen LogP contribution < -0.4 is 4.90 Å². The van der Waals surface area contributed by atoms with Gasteiger partial charge in [0.15, 0.2) is 5.78 Å². The Morgan fingerprint density at radius 2 is 1.77 bits per heavy atom. The predicted octanol–water partition coefficient (Wildman–Crippen LogP) is 5.59. The first-order valence-electron chi connectivity index (χ1n) is 11.9. The number of piperidine rings is 1. The topological polar surface area (TPSA) is 38.1 Å². The molecule has 0 unspecified atom stereocenters. The fourth-order valence-corrected chi connectivity index (χ4v) is 5.42. The smallest absolute Gasteiger partial charge is 0.180 e. The lowest BCUT2D eigenvalue weighted by Gasteiger charge is -2.35. The number of Topliss-reactive ketones (excluding diaryl/α,β-unsaturated/α-hetero) is 1. The summed E-state index contributed by atoms with van der Waals surface area (Å²) in [7, 11) is 0. The van der Waals surface area contributed by atoms with Crippen molar-refractivity contribution >= 4 is 11.5 Å². The molecule has 0 N–H and O–H groups in total. The van der Waals surface area contributed by atoms with E-state index in [2.05, 4.69) is 47.6 Å². The van der Waals surface area contributed by atoms with Gasteiger partial charge in [0.1, 0.15) is 5.69 Å². The average Bonchev–Trinajstić information content (AvgIpc) is 3.32. The summed E-state index contributed by atoms with van der Waals surface area (Å²) in [6.07, 6.45) is 9.65. The van der Waals surface area contributed by atoms with Gasteiger partial charge >= 0.3 is 0 Å². The zero-order valence-electron chi connectivity index (χ0n) is 19.3. The number of aryl methyl sites for hydroxylation is 4. The summed E-state index contributed by atoms with van der Waals surface area (Å²) < 4.78 is 2.14. The number of unbranched alkanes of at least 4 members (excludes halogenated alkanes) is 1. The van der Waals surface area contributed by atoms with Gasteiger partial charge in [-0.15, -0.1) is 0 Å². The molecule has 0 atom stereocenters. The normalized spacial score (nSPS) is 16.9. The first kappa shape index (κ1) is 21.1. The molecule has 2 aliphatic rings. The zero-order chi connectivity index (χ0) is 21.3. The fourth-order valence-electron chi connectivity index (χ4n) is 5.42. The predicted molar refractivity (Wildman–Crippen MR) is 124 cm³/mol. The summed E-state index contributed by atoms with van der Waals surface area (Å²) in [5.41, 5.74) is 8.93. The van der Waals surface area contributed by atoms with E-state index in [1.165, 1.54) is 85.2 Å². The molecule has 2 heterocycles. The summed E-state index contributed by atoms with van der Waals surface area (Å²) in [6, 6.07) is 4.71. The summed E-state index contributed by atoms with van der Waals surface area (Å²) in [5.74, 6) is 0.974. The Morgan fingerprint density at radius 3 is 2.50 bits per heavy atom. The van der Waals surface area contributed by atoms with Crippen LogP contribution in [-0.4, -0.2) is 28.7 Å². The van der Waals surface area contributed by atoms with Crippen LogP contribution in [-0.2, 0) is 19.4 Å². The van der Waals surface area contributed by atoms with Crippen molar-refractivity contribution in [1.29, 1.82) is 0 Å². The lowest BCUT2D eigenvalue weighted by Crippen LogP contribution is -2.34. The van der Waals surface area contributed by atoms with Crippen molar-refractivity contribution in [2.45, 2.75) is 85.6 Å². The quantitative estimate of drug-likeness (QED) is 0.444. The molecule has 1 aliphatic carbocycles. The maximum Gasteiger partial charge on any atom is 0.180 e. The second-order valence-corrected chi connectivity index (χ2v) is 9.56. The van der Waals surface area contributed by atoms with Crippen molar-refractivity contribution in [2.75, 3.05) is 18.0 Å². The molecule has 1 fully saturated rings. The van der Waals surface area contributed by atoms with Crippen molar-refractivity contribution in [2.24, 2.45) is 5.92 Å². The maximum atomic E-state index is 11.9. The number of benzene rings is 1. The highest BCUT2D eigenvalue weighted by Crippen LogP contribution is 2.31. The maximum absolute atomic E-state index is 11.9. The van der Waals surface area contributed by atoms with E-state index in [4.69, 9.17) is 0 Å². The summed E-state index contributed by atoms with van der Waals surface area (Å²) in [6.45, 7) is 11.7.